The van der Waals surface area contributed by atoms with Crippen molar-refractivity contribution in [1.29, 1.82) is 0 Å². The zero-order valence-corrected chi connectivity index (χ0v) is 19.0. The average Bonchev–Trinajstić information content (AvgIpc) is 3.51. The number of H-pyrrole nitrogens is 1. The van der Waals surface area contributed by atoms with Crippen LogP contribution in [0, 0.1) is 0 Å². The lowest BCUT2D eigenvalue weighted by Crippen LogP contribution is -2.43. The van der Waals surface area contributed by atoms with Crippen LogP contribution in [-0.2, 0) is 17.8 Å². The van der Waals surface area contributed by atoms with Gasteiger partial charge in [0.1, 0.15) is 5.76 Å². The molecule has 1 aliphatic rings. The fourth-order valence-corrected chi connectivity index (χ4v) is 4.05. The lowest BCUT2D eigenvalue weighted by atomic mass is 10.1. The van der Waals surface area contributed by atoms with Gasteiger partial charge in [-0.2, -0.15) is 0 Å². The van der Waals surface area contributed by atoms with Gasteiger partial charge in [0.05, 0.1) is 45.2 Å². The third-order valence-corrected chi connectivity index (χ3v) is 5.92. The molecule has 0 radical (unpaired) electrons. The Bertz CT molecular complexity index is 1120. The standard InChI is InChI=1S/C23H27N3O5S/c1-28-20-10-15-9-16(22(27)25-19(15)11-21(20)29-2)13-26(14-18-6-4-8-31-18)23(32)24-12-17-5-3-7-30-17/h3,5,7,9-11,18H,4,6,8,12-14H2,1-2H3,(H,24,32)(H,25,27)/t18-/m0/s1. The summed E-state index contributed by atoms with van der Waals surface area (Å²) in [4.78, 5) is 17.8. The van der Waals surface area contributed by atoms with E-state index in [4.69, 9.17) is 30.8 Å². The maximum Gasteiger partial charge on any atom is 0.253 e. The summed E-state index contributed by atoms with van der Waals surface area (Å²) in [6, 6.07) is 9.20. The monoisotopic (exact) mass is 457 g/mol. The molecule has 1 aliphatic heterocycles. The van der Waals surface area contributed by atoms with Crippen LogP contribution >= 0.6 is 12.2 Å². The predicted octanol–water partition coefficient (Wildman–Crippen LogP) is 3.19. The molecule has 3 aromatic rings. The minimum atomic E-state index is -0.170. The second-order valence-electron chi connectivity index (χ2n) is 7.67. The van der Waals surface area contributed by atoms with Crippen molar-refractivity contribution < 1.29 is 18.6 Å². The molecule has 4 rings (SSSR count). The smallest absolute Gasteiger partial charge is 0.253 e. The quantitative estimate of drug-likeness (QED) is 0.499. The van der Waals surface area contributed by atoms with Crippen LogP contribution in [0.15, 0.2) is 45.8 Å². The molecular formula is C23H27N3O5S. The second-order valence-corrected chi connectivity index (χ2v) is 8.06. The molecule has 1 fully saturated rings. The third-order valence-electron chi connectivity index (χ3n) is 5.52. The van der Waals surface area contributed by atoms with E-state index in [0.717, 1.165) is 30.6 Å². The number of nitrogens with one attached hydrogen (secondary N) is 2. The Balaban J connectivity index is 1.58. The predicted molar refractivity (Wildman–Crippen MR) is 125 cm³/mol. The first kappa shape index (κ1) is 22.2. The normalized spacial score (nSPS) is 15.6. The molecule has 1 atom stereocenters. The van der Waals surface area contributed by atoms with Crippen molar-refractivity contribution in [3.8, 4) is 11.5 Å². The van der Waals surface area contributed by atoms with Gasteiger partial charge >= 0.3 is 0 Å². The highest BCUT2D eigenvalue weighted by atomic mass is 32.1. The molecular weight excluding hydrogens is 430 g/mol. The molecule has 0 spiro atoms. The van der Waals surface area contributed by atoms with Gasteiger partial charge in [0, 0.05) is 30.2 Å². The van der Waals surface area contributed by atoms with E-state index in [1.165, 1.54) is 0 Å². The van der Waals surface area contributed by atoms with Crippen LogP contribution in [0.4, 0.5) is 0 Å². The number of aromatic nitrogens is 1. The fourth-order valence-electron chi connectivity index (χ4n) is 3.84. The Labute approximate surface area is 191 Å². The topological polar surface area (TPSA) is 89.0 Å². The van der Waals surface area contributed by atoms with Crippen LogP contribution < -0.4 is 20.3 Å². The molecule has 0 saturated carbocycles. The van der Waals surface area contributed by atoms with Gasteiger partial charge in [-0.15, -0.1) is 0 Å². The highest BCUT2D eigenvalue weighted by Crippen LogP contribution is 2.31. The first-order valence-electron chi connectivity index (χ1n) is 10.5. The number of hydrogen-bond acceptors (Lipinski definition) is 6. The van der Waals surface area contributed by atoms with Crippen LogP contribution in [0.25, 0.3) is 10.9 Å². The second kappa shape index (κ2) is 10.1. The van der Waals surface area contributed by atoms with E-state index in [9.17, 15) is 4.79 Å². The molecule has 2 aromatic heterocycles. The summed E-state index contributed by atoms with van der Waals surface area (Å²) in [5, 5.41) is 4.62. The number of furan rings is 1. The molecule has 9 heteroatoms. The van der Waals surface area contributed by atoms with Crippen molar-refractivity contribution in [2.45, 2.75) is 32.0 Å². The molecule has 3 heterocycles. The Morgan fingerprint density at radius 3 is 2.78 bits per heavy atom. The summed E-state index contributed by atoms with van der Waals surface area (Å²) in [5.41, 5.74) is 1.11. The molecule has 0 amide bonds. The molecule has 32 heavy (non-hydrogen) atoms. The van der Waals surface area contributed by atoms with Crippen LogP contribution in [0.3, 0.4) is 0 Å². The van der Waals surface area contributed by atoms with Gasteiger partial charge in [0.15, 0.2) is 16.6 Å². The van der Waals surface area contributed by atoms with Crippen molar-refractivity contribution in [3.63, 3.8) is 0 Å². The van der Waals surface area contributed by atoms with Gasteiger partial charge < -0.3 is 33.8 Å². The molecule has 1 aromatic carbocycles. The summed E-state index contributed by atoms with van der Waals surface area (Å²) >= 11 is 5.66. The van der Waals surface area contributed by atoms with Gasteiger partial charge in [0.2, 0.25) is 0 Å². The number of rotatable bonds is 8. The molecule has 170 valence electrons. The number of pyridine rings is 1. The van der Waals surface area contributed by atoms with Crippen LogP contribution in [0.1, 0.15) is 24.2 Å². The Hall–Kier alpha value is -3.04. The zero-order chi connectivity index (χ0) is 22.5. The fraction of sp³-hybridized carbons (Fsp3) is 0.391. The molecule has 0 unspecified atom stereocenters. The van der Waals surface area contributed by atoms with E-state index in [-0.39, 0.29) is 11.7 Å². The van der Waals surface area contributed by atoms with E-state index in [2.05, 4.69) is 10.3 Å². The molecule has 8 nitrogen and oxygen atoms in total. The molecule has 1 saturated heterocycles. The summed E-state index contributed by atoms with van der Waals surface area (Å²) in [6.07, 6.45) is 3.72. The summed E-state index contributed by atoms with van der Waals surface area (Å²) in [7, 11) is 3.15. The van der Waals surface area contributed by atoms with E-state index in [1.54, 1.807) is 26.5 Å². The van der Waals surface area contributed by atoms with Crippen molar-refractivity contribution >= 4 is 28.2 Å². The molecule has 0 bridgehead atoms. The number of nitrogens with zero attached hydrogens (tertiary/aromatic N) is 1. The van der Waals surface area contributed by atoms with Crippen molar-refractivity contribution in [3.05, 3.63) is 58.3 Å². The highest BCUT2D eigenvalue weighted by molar-refractivity contribution is 7.80. The Kier molecular flexibility index (Phi) is 6.96. The molecule has 0 aliphatic carbocycles. The summed E-state index contributed by atoms with van der Waals surface area (Å²) in [6.45, 7) is 2.18. The Morgan fingerprint density at radius 2 is 2.09 bits per heavy atom. The molecule has 2 N–H and O–H groups in total. The maximum atomic E-state index is 12.9. The first-order chi connectivity index (χ1) is 15.6. The average molecular weight is 458 g/mol. The maximum absolute atomic E-state index is 12.9. The highest BCUT2D eigenvalue weighted by Gasteiger charge is 2.22. The summed E-state index contributed by atoms with van der Waals surface area (Å²) < 4.78 is 21.9. The van der Waals surface area contributed by atoms with Gasteiger partial charge in [-0.25, -0.2) is 0 Å². The van der Waals surface area contributed by atoms with Crippen LogP contribution in [0.2, 0.25) is 0 Å². The van der Waals surface area contributed by atoms with Gasteiger partial charge in [-0.1, -0.05) is 0 Å². The number of ether oxygens (including phenoxy) is 3. The van der Waals surface area contributed by atoms with Crippen LogP contribution in [0.5, 0.6) is 11.5 Å². The van der Waals surface area contributed by atoms with Gasteiger partial charge in [-0.05, 0) is 49.3 Å². The lowest BCUT2D eigenvalue weighted by Gasteiger charge is -2.28. The van der Waals surface area contributed by atoms with Crippen LogP contribution in [-0.4, -0.2) is 48.5 Å². The number of aromatic amines is 1. The van der Waals surface area contributed by atoms with E-state index < -0.39 is 0 Å². The van der Waals surface area contributed by atoms with Gasteiger partial charge in [-0.3, -0.25) is 4.79 Å². The SMILES string of the molecule is COc1cc2cc(CN(C[C@@H]3CCCO3)C(=S)NCc3ccco3)c(=O)[nH]c2cc1OC. The lowest BCUT2D eigenvalue weighted by molar-refractivity contribution is 0.0896. The number of thiocarbonyl (C=S) groups is 1. The largest absolute Gasteiger partial charge is 0.493 e. The number of benzene rings is 1. The first-order valence-corrected chi connectivity index (χ1v) is 10.9. The minimum absolute atomic E-state index is 0.0854. The van der Waals surface area contributed by atoms with Gasteiger partial charge in [0.25, 0.3) is 5.56 Å². The Morgan fingerprint density at radius 1 is 1.28 bits per heavy atom. The van der Waals surface area contributed by atoms with Crippen molar-refractivity contribution in [2.24, 2.45) is 0 Å². The zero-order valence-electron chi connectivity index (χ0n) is 18.2. The van der Waals surface area contributed by atoms with E-state index in [0.29, 0.717) is 47.3 Å². The minimum Gasteiger partial charge on any atom is -0.493 e. The number of methoxy groups -OCH3 is 2. The van der Waals surface area contributed by atoms with E-state index >= 15 is 0 Å². The number of hydrogen-bond donors (Lipinski definition) is 2. The van der Waals surface area contributed by atoms with Crippen molar-refractivity contribution in [1.82, 2.24) is 15.2 Å². The summed E-state index contributed by atoms with van der Waals surface area (Å²) in [5.74, 6) is 1.95. The van der Waals surface area contributed by atoms with Crippen molar-refractivity contribution in [2.75, 3.05) is 27.4 Å². The third kappa shape index (κ3) is 5.05. The number of fused-ring (bicyclic) bond motifs is 1. The van der Waals surface area contributed by atoms with E-state index in [1.807, 2.05) is 29.2 Å².